The minimum absolute atomic E-state index is 0.553. The lowest BCUT2D eigenvalue weighted by atomic mass is 10.0. The van der Waals surface area contributed by atoms with Crippen LogP contribution in [0.5, 0.6) is 0 Å². The summed E-state index contributed by atoms with van der Waals surface area (Å²) in [6, 6.07) is 16.7. The molecule has 0 fully saturated rings. The summed E-state index contributed by atoms with van der Waals surface area (Å²) >= 11 is 7.70. The minimum atomic E-state index is 0.553. The van der Waals surface area contributed by atoms with Crippen molar-refractivity contribution in [3.63, 3.8) is 0 Å². The van der Waals surface area contributed by atoms with Gasteiger partial charge in [-0.1, -0.05) is 61.8 Å². The molecule has 0 aliphatic rings. The predicted molar refractivity (Wildman–Crippen MR) is 96.8 cm³/mol. The maximum Gasteiger partial charge on any atom is 0.124 e. The van der Waals surface area contributed by atoms with E-state index in [2.05, 4.69) is 57.2 Å². The summed E-state index contributed by atoms with van der Waals surface area (Å²) in [5.41, 5.74) is 4.77. The highest BCUT2D eigenvalue weighted by atomic mass is 35.5. The molecule has 0 atom stereocenters. The van der Waals surface area contributed by atoms with Crippen molar-refractivity contribution in [1.29, 1.82) is 0 Å². The molecule has 2 aromatic carbocycles. The lowest BCUT2D eigenvalue weighted by Crippen LogP contribution is -1.86. The number of rotatable bonds is 3. The van der Waals surface area contributed by atoms with Crippen molar-refractivity contribution in [3.05, 3.63) is 64.8 Å². The third-order valence-corrected chi connectivity index (χ3v) is 5.23. The van der Waals surface area contributed by atoms with Crippen molar-refractivity contribution in [3.8, 4) is 21.0 Å². The molecule has 0 aliphatic heterocycles. The second-order valence-corrected chi connectivity index (χ2v) is 7.15. The zero-order chi connectivity index (χ0) is 15.7. The van der Waals surface area contributed by atoms with E-state index < -0.39 is 0 Å². The van der Waals surface area contributed by atoms with Crippen molar-refractivity contribution in [2.75, 3.05) is 0 Å². The second kappa shape index (κ2) is 6.23. The maximum absolute atomic E-state index is 5.97. The van der Waals surface area contributed by atoms with Crippen molar-refractivity contribution in [1.82, 2.24) is 4.98 Å². The van der Waals surface area contributed by atoms with Gasteiger partial charge in [0.05, 0.1) is 10.6 Å². The fourth-order valence-corrected chi connectivity index (χ4v) is 3.60. The van der Waals surface area contributed by atoms with E-state index in [1.54, 1.807) is 11.3 Å². The summed E-state index contributed by atoms with van der Waals surface area (Å²) < 4.78 is 0. The Morgan fingerprint density at radius 2 is 1.50 bits per heavy atom. The third-order valence-electron chi connectivity index (χ3n) is 3.73. The molecule has 3 aromatic rings. The van der Waals surface area contributed by atoms with Crippen LogP contribution in [0.2, 0.25) is 5.02 Å². The number of halogens is 1. The first kappa shape index (κ1) is 15.3. The van der Waals surface area contributed by atoms with Crippen LogP contribution < -0.4 is 0 Å². The molecule has 0 spiro atoms. The number of benzene rings is 2. The van der Waals surface area contributed by atoms with Gasteiger partial charge in [0, 0.05) is 10.6 Å². The molecule has 0 aliphatic carbocycles. The van der Waals surface area contributed by atoms with Gasteiger partial charge in [-0.15, -0.1) is 11.3 Å². The lowest BCUT2D eigenvalue weighted by molar-refractivity contribution is 0.867. The molecule has 1 heterocycles. The standard InChI is InChI=1S/C19H18ClNS/c1-12(2)14-4-6-16(7-5-14)19-21-13(3)18(22-19)15-8-10-17(20)11-9-15/h4-12H,1-3H3. The van der Waals surface area contributed by atoms with E-state index in [0.29, 0.717) is 5.92 Å². The first-order valence-electron chi connectivity index (χ1n) is 7.38. The van der Waals surface area contributed by atoms with E-state index in [-0.39, 0.29) is 0 Å². The number of hydrogen-bond acceptors (Lipinski definition) is 2. The van der Waals surface area contributed by atoms with Gasteiger partial charge >= 0.3 is 0 Å². The number of hydrogen-bond donors (Lipinski definition) is 0. The predicted octanol–water partition coefficient (Wildman–Crippen LogP) is 6.56. The van der Waals surface area contributed by atoms with E-state index in [1.165, 1.54) is 21.6 Å². The molecule has 0 radical (unpaired) electrons. The second-order valence-electron chi connectivity index (χ2n) is 5.72. The summed E-state index contributed by atoms with van der Waals surface area (Å²) in [4.78, 5) is 5.95. The molecule has 0 N–H and O–H groups in total. The van der Waals surface area contributed by atoms with Crippen molar-refractivity contribution >= 4 is 22.9 Å². The Morgan fingerprint density at radius 1 is 0.909 bits per heavy atom. The van der Waals surface area contributed by atoms with E-state index in [4.69, 9.17) is 16.6 Å². The summed E-state index contributed by atoms with van der Waals surface area (Å²) in [7, 11) is 0. The highest BCUT2D eigenvalue weighted by molar-refractivity contribution is 7.18. The van der Waals surface area contributed by atoms with Crippen LogP contribution in [0.25, 0.3) is 21.0 Å². The van der Waals surface area contributed by atoms with Gasteiger partial charge in [-0.3, -0.25) is 0 Å². The number of aryl methyl sites for hydroxylation is 1. The van der Waals surface area contributed by atoms with Crippen LogP contribution in [0, 0.1) is 6.92 Å². The molecular formula is C19H18ClNS. The quantitative estimate of drug-likeness (QED) is 0.530. The molecule has 3 rings (SSSR count). The Labute approximate surface area is 140 Å². The van der Waals surface area contributed by atoms with Crippen molar-refractivity contribution in [2.24, 2.45) is 0 Å². The highest BCUT2D eigenvalue weighted by Crippen LogP contribution is 2.35. The molecule has 1 aromatic heterocycles. The Balaban J connectivity index is 1.96. The Kier molecular flexibility index (Phi) is 4.32. The average Bonchev–Trinajstić information content (AvgIpc) is 2.90. The minimum Gasteiger partial charge on any atom is -0.241 e. The van der Waals surface area contributed by atoms with Gasteiger partial charge < -0.3 is 0 Å². The molecule has 0 saturated carbocycles. The monoisotopic (exact) mass is 327 g/mol. The Morgan fingerprint density at radius 3 is 2.09 bits per heavy atom. The van der Waals surface area contributed by atoms with Gasteiger partial charge in [-0.25, -0.2) is 4.98 Å². The molecule has 0 saturated heterocycles. The van der Waals surface area contributed by atoms with E-state index in [1.807, 2.05) is 12.1 Å². The van der Waals surface area contributed by atoms with Crippen molar-refractivity contribution in [2.45, 2.75) is 26.7 Å². The molecule has 112 valence electrons. The smallest absolute Gasteiger partial charge is 0.124 e. The van der Waals surface area contributed by atoms with Crippen LogP contribution in [0.1, 0.15) is 31.0 Å². The van der Waals surface area contributed by atoms with Gasteiger partial charge in [-0.2, -0.15) is 0 Å². The molecule has 0 bridgehead atoms. The zero-order valence-corrected chi connectivity index (χ0v) is 14.5. The largest absolute Gasteiger partial charge is 0.241 e. The van der Waals surface area contributed by atoms with Gasteiger partial charge in [0.2, 0.25) is 0 Å². The first-order valence-corrected chi connectivity index (χ1v) is 8.58. The molecule has 1 nitrogen and oxygen atoms in total. The van der Waals surface area contributed by atoms with Gasteiger partial charge in [0.1, 0.15) is 5.01 Å². The van der Waals surface area contributed by atoms with Gasteiger partial charge in [0.15, 0.2) is 0 Å². The normalized spacial score (nSPS) is 11.1. The number of nitrogens with zero attached hydrogens (tertiary/aromatic N) is 1. The van der Waals surface area contributed by atoms with Crippen LogP contribution in [0.3, 0.4) is 0 Å². The summed E-state index contributed by atoms with van der Waals surface area (Å²) in [5.74, 6) is 0.553. The molecule has 22 heavy (non-hydrogen) atoms. The fourth-order valence-electron chi connectivity index (χ4n) is 2.40. The van der Waals surface area contributed by atoms with Gasteiger partial charge in [0.25, 0.3) is 0 Å². The first-order chi connectivity index (χ1) is 10.5. The van der Waals surface area contributed by atoms with Crippen LogP contribution >= 0.6 is 22.9 Å². The van der Waals surface area contributed by atoms with Crippen LogP contribution in [-0.4, -0.2) is 4.98 Å². The number of thiazole rings is 1. The average molecular weight is 328 g/mol. The van der Waals surface area contributed by atoms with E-state index in [9.17, 15) is 0 Å². The Hall–Kier alpha value is -1.64. The zero-order valence-electron chi connectivity index (χ0n) is 12.9. The topological polar surface area (TPSA) is 12.9 Å². The molecule has 3 heteroatoms. The number of aromatic nitrogens is 1. The van der Waals surface area contributed by atoms with E-state index >= 15 is 0 Å². The third kappa shape index (κ3) is 3.08. The van der Waals surface area contributed by atoms with Crippen molar-refractivity contribution < 1.29 is 0 Å². The fraction of sp³-hybridized carbons (Fsp3) is 0.211. The summed E-state index contributed by atoms with van der Waals surface area (Å²) in [6.07, 6.45) is 0. The Bertz CT molecular complexity index is 770. The highest BCUT2D eigenvalue weighted by Gasteiger charge is 2.11. The van der Waals surface area contributed by atoms with E-state index in [0.717, 1.165) is 15.7 Å². The van der Waals surface area contributed by atoms with Crippen LogP contribution in [-0.2, 0) is 0 Å². The summed E-state index contributed by atoms with van der Waals surface area (Å²) in [6.45, 7) is 6.48. The summed E-state index contributed by atoms with van der Waals surface area (Å²) in [5, 5.41) is 1.83. The van der Waals surface area contributed by atoms with Gasteiger partial charge in [-0.05, 0) is 36.1 Å². The lowest BCUT2D eigenvalue weighted by Gasteiger charge is -2.05. The molecule has 0 unspecified atom stereocenters. The molecule has 0 amide bonds. The SMILES string of the molecule is Cc1nc(-c2ccc(C(C)C)cc2)sc1-c1ccc(Cl)cc1. The van der Waals surface area contributed by atoms with Crippen LogP contribution in [0.4, 0.5) is 0 Å². The van der Waals surface area contributed by atoms with Crippen LogP contribution in [0.15, 0.2) is 48.5 Å². The maximum atomic E-state index is 5.97. The molecular weight excluding hydrogens is 310 g/mol.